The van der Waals surface area contributed by atoms with Crippen LogP contribution in [0.25, 0.3) is 0 Å². The smallest absolute Gasteiger partial charge is 0.394 e. The lowest BCUT2D eigenvalue weighted by atomic mass is 10.0. The van der Waals surface area contributed by atoms with Gasteiger partial charge in [-0.2, -0.15) is 0 Å². The van der Waals surface area contributed by atoms with Crippen molar-refractivity contribution in [2.45, 2.75) is 38.6 Å². The molecule has 1 unspecified atom stereocenters. The van der Waals surface area contributed by atoms with Crippen molar-refractivity contribution >= 4 is 16.2 Å². The van der Waals surface area contributed by atoms with Gasteiger partial charge in [-0.15, -0.1) is 0 Å². The fourth-order valence-electron chi connectivity index (χ4n) is 2.88. The Kier molecular flexibility index (Phi) is 8.89. The van der Waals surface area contributed by atoms with Crippen LogP contribution in [-0.2, 0) is 21.3 Å². The molecule has 6 nitrogen and oxygen atoms in total. The number of carbonyl (C=O) groups excluding carboxylic acids is 1. The van der Waals surface area contributed by atoms with E-state index in [9.17, 15) is 13.2 Å². The second-order valence-corrected chi connectivity index (χ2v) is 8.43. The molecular weight excluding hydrogens is 390 g/mol. The molecule has 156 valence electrons. The van der Waals surface area contributed by atoms with E-state index in [1.165, 1.54) is 0 Å². The molecule has 0 radical (unpaired) electrons. The van der Waals surface area contributed by atoms with Crippen molar-refractivity contribution < 1.29 is 22.8 Å². The number of rotatable bonds is 10. The second-order valence-electron chi connectivity index (χ2n) is 6.60. The molecule has 0 heterocycles. The Morgan fingerprint density at radius 3 is 2.24 bits per heavy atom. The number of nitrogens with zero attached hydrogens (tertiary/aromatic N) is 1. The summed E-state index contributed by atoms with van der Waals surface area (Å²) in [5.41, 5.74) is 1.09. The van der Waals surface area contributed by atoms with Crippen LogP contribution in [0.3, 0.4) is 0 Å². The van der Waals surface area contributed by atoms with Gasteiger partial charge in [-0.3, -0.25) is 0 Å². The van der Waals surface area contributed by atoms with E-state index in [2.05, 4.69) is 0 Å². The Morgan fingerprint density at radius 2 is 1.66 bits per heavy atom. The maximum Gasteiger partial charge on any atom is 0.534 e. The van der Waals surface area contributed by atoms with Crippen molar-refractivity contribution in [3.63, 3.8) is 0 Å². The van der Waals surface area contributed by atoms with Gasteiger partial charge in [0.05, 0.1) is 12.3 Å². The fraction of sp³-hybridized carbons (Fsp3) is 0.318. The molecule has 0 bridgehead atoms. The Hall–Kier alpha value is -2.64. The summed E-state index contributed by atoms with van der Waals surface area (Å²) in [6, 6.07) is 17.6. The van der Waals surface area contributed by atoms with Gasteiger partial charge >= 0.3 is 6.16 Å². The summed E-state index contributed by atoms with van der Waals surface area (Å²) in [6.45, 7) is 1.90. The molecule has 0 saturated carbocycles. The summed E-state index contributed by atoms with van der Waals surface area (Å²) in [6.07, 6.45) is 6.15. The van der Waals surface area contributed by atoms with Gasteiger partial charge in [0.15, 0.2) is 0 Å². The van der Waals surface area contributed by atoms with Crippen molar-refractivity contribution in [1.82, 2.24) is 4.47 Å². The first-order valence-electron chi connectivity index (χ1n) is 9.49. The molecule has 0 N–H and O–H groups in total. The Morgan fingerprint density at radius 1 is 1.03 bits per heavy atom. The molecule has 0 aliphatic rings. The van der Waals surface area contributed by atoms with Gasteiger partial charge in [-0.1, -0.05) is 60.7 Å². The topological polar surface area (TPSA) is 72.9 Å². The van der Waals surface area contributed by atoms with Crippen molar-refractivity contribution in [2.24, 2.45) is 0 Å². The van der Waals surface area contributed by atoms with Crippen molar-refractivity contribution in [3.8, 4) is 5.75 Å². The first kappa shape index (κ1) is 22.6. The third-order valence-corrected chi connectivity index (χ3v) is 5.27. The molecule has 7 heteroatoms. The maximum atomic E-state index is 12.4. The zero-order chi connectivity index (χ0) is 21.1. The summed E-state index contributed by atoms with van der Waals surface area (Å²) in [5, 5.41) is 0. The SMILES string of the molecule is C/C=C\CCC(CCc1ccccc1)N(OC(=O)Oc1ccccc1)S(C)(=O)=O. The van der Waals surface area contributed by atoms with Crippen LogP contribution in [0.5, 0.6) is 5.75 Å². The lowest BCUT2D eigenvalue weighted by Gasteiger charge is -2.27. The molecule has 0 amide bonds. The van der Waals surface area contributed by atoms with Gasteiger partial charge in [0.25, 0.3) is 0 Å². The normalized spacial score (nSPS) is 12.8. The van der Waals surface area contributed by atoms with E-state index < -0.39 is 22.2 Å². The van der Waals surface area contributed by atoms with E-state index in [4.69, 9.17) is 9.57 Å². The molecule has 29 heavy (non-hydrogen) atoms. The summed E-state index contributed by atoms with van der Waals surface area (Å²) >= 11 is 0. The molecule has 0 fully saturated rings. The third-order valence-electron chi connectivity index (χ3n) is 4.25. The number of carbonyl (C=O) groups is 1. The molecule has 0 aromatic heterocycles. The molecule has 0 aliphatic heterocycles. The van der Waals surface area contributed by atoms with Gasteiger partial charge < -0.3 is 9.57 Å². The number of ether oxygens (including phenoxy) is 1. The predicted molar refractivity (Wildman–Crippen MR) is 113 cm³/mol. The van der Waals surface area contributed by atoms with Crippen LogP contribution in [-0.4, -0.2) is 31.3 Å². The lowest BCUT2D eigenvalue weighted by molar-refractivity contribution is -0.0750. The number of benzene rings is 2. The molecule has 0 spiro atoms. The van der Waals surface area contributed by atoms with Crippen LogP contribution < -0.4 is 4.74 Å². The first-order valence-corrected chi connectivity index (χ1v) is 11.3. The average molecular weight is 418 g/mol. The van der Waals surface area contributed by atoms with E-state index in [-0.39, 0.29) is 5.75 Å². The standard InChI is InChI=1S/C22H27NO5S/c1-3-4-7-14-20(18-17-19-12-8-5-9-13-19)23(29(2,25)26)28-22(24)27-21-15-10-6-11-16-21/h3-6,8-13,15-16,20H,7,14,17-18H2,1-2H3/b4-3-. The Labute approximate surface area is 172 Å². The number of aryl methyl sites for hydroxylation is 1. The highest BCUT2D eigenvalue weighted by atomic mass is 32.2. The van der Waals surface area contributed by atoms with Gasteiger partial charge in [0.1, 0.15) is 5.75 Å². The monoisotopic (exact) mass is 417 g/mol. The average Bonchev–Trinajstić information content (AvgIpc) is 2.70. The molecular formula is C22H27NO5S. The largest absolute Gasteiger partial charge is 0.534 e. The predicted octanol–water partition coefficient (Wildman–Crippen LogP) is 4.74. The van der Waals surface area contributed by atoms with E-state index in [1.807, 2.05) is 49.4 Å². The highest BCUT2D eigenvalue weighted by Crippen LogP contribution is 2.20. The van der Waals surface area contributed by atoms with Crippen LogP contribution in [0.1, 0.15) is 31.7 Å². The zero-order valence-electron chi connectivity index (χ0n) is 16.7. The second kappa shape index (κ2) is 11.4. The van der Waals surface area contributed by atoms with Crippen LogP contribution >= 0.6 is 0 Å². The molecule has 1 atom stereocenters. The first-order chi connectivity index (χ1) is 13.9. The molecule has 2 aromatic rings. The van der Waals surface area contributed by atoms with E-state index in [1.54, 1.807) is 30.3 Å². The number of allylic oxidation sites excluding steroid dienone is 2. The fourth-order valence-corrected chi connectivity index (χ4v) is 3.83. The Balaban J connectivity index is 2.14. The zero-order valence-corrected chi connectivity index (χ0v) is 17.5. The van der Waals surface area contributed by atoms with Crippen molar-refractivity contribution in [1.29, 1.82) is 0 Å². The van der Waals surface area contributed by atoms with Crippen LogP contribution in [0.15, 0.2) is 72.8 Å². The van der Waals surface area contributed by atoms with E-state index in [0.29, 0.717) is 25.7 Å². The third kappa shape index (κ3) is 8.09. The van der Waals surface area contributed by atoms with Crippen LogP contribution in [0.4, 0.5) is 4.79 Å². The summed E-state index contributed by atoms with van der Waals surface area (Å²) in [5.74, 6) is 0.278. The van der Waals surface area contributed by atoms with E-state index in [0.717, 1.165) is 16.3 Å². The Bertz CT molecular complexity index is 882. The number of para-hydroxylation sites is 1. The quantitative estimate of drug-likeness (QED) is 0.242. The van der Waals surface area contributed by atoms with Gasteiger partial charge in [0.2, 0.25) is 10.0 Å². The number of hydrogen-bond acceptors (Lipinski definition) is 5. The molecule has 2 rings (SSSR count). The molecule has 0 saturated heterocycles. The van der Waals surface area contributed by atoms with Crippen LogP contribution in [0, 0.1) is 0 Å². The van der Waals surface area contributed by atoms with Crippen molar-refractivity contribution in [3.05, 3.63) is 78.4 Å². The maximum absolute atomic E-state index is 12.4. The molecule has 0 aliphatic carbocycles. The number of hydrogen-bond donors (Lipinski definition) is 0. The minimum Gasteiger partial charge on any atom is -0.394 e. The van der Waals surface area contributed by atoms with Crippen molar-refractivity contribution in [2.75, 3.05) is 6.26 Å². The van der Waals surface area contributed by atoms with Gasteiger partial charge in [-0.25, -0.2) is 13.2 Å². The summed E-state index contributed by atoms with van der Waals surface area (Å²) in [4.78, 5) is 17.4. The highest BCUT2D eigenvalue weighted by Gasteiger charge is 2.31. The minimum atomic E-state index is -3.81. The summed E-state index contributed by atoms with van der Waals surface area (Å²) < 4.78 is 30.6. The van der Waals surface area contributed by atoms with Gasteiger partial charge in [0, 0.05) is 0 Å². The van der Waals surface area contributed by atoms with Crippen LogP contribution in [0.2, 0.25) is 0 Å². The highest BCUT2D eigenvalue weighted by molar-refractivity contribution is 7.88. The van der Waals surface area contributed by atoms with Gasteiger partial charge in [-0.05, 0) is 54.8 Å². The minimum absolute atomic E-state index is 0.278. The summed E-state index contributed by atoms with van der Waals surface area (Å²) in [7, 11) is -3.81. The number of hydroxylamine groups is 1. The molecule has 2 aromatic carbocycles. The van der Waals surface area contributed by atoms with E-state index >= 15 is 0 Å². The number of sulfonamides is 1. The lowest BCUT2D eigenvalue weighted by Crippen LogP contribution is -2.42.